The Kier molecular flexibility index (Phi) is 4.23. The number of benzene rings is 1. The van der Waals surface area contributed by atoms with Gasteiger partial charge in [0.2, 0.25) is 0 Å². The first-order valence-corrected chi connectivity index (χ1v) is 8.59. The van der Waals surface area contributed by atoms with Crippen LogP contribution < -0.4 is 5.32 Å². The van der Waals surface area contributed by atoms with Gasteiger partial charge in [-0.2, -0.15) is 0 Å². The van der Waals surface area contributed by atoms with Crippen molar-refractivity contribution >= 4 is 28.7 Å². The van der Waals surface area contributed by atoms with Gasteiger partial charge in [-0.15, -0.1) is 0 Å². The standard InChI is InChI=1S/C19H19N5O3/c1-23(2)19(26)24-6-5-14-12(10-24)8-20-9-15(14)18(25)22-13-3-4-17-16(7-13)21-11-27-17/h3-4,7-9,11H,5-6,10H2,1-2H3,(H,22,25). The summed E-state index contributed by atoms with van der Waals surface area (Å²) in [6.07, 6.45) is 5.28. The highest BCUT2D eigenvalue weighted by Crippen LogP contribution is 2.24. The lowest BCUT2D eigenvalue weighted by molar-refractivity contribution is 0.102. The van der Waals surface area contributed by atoms with Gasteiger partial charge >= 0.3 is 6.03 Å². The monoisotopic (exact) mass is 365 g/mol. The third kappa shape index (κ3) is 3.21. The van der Waals surface area contributed by atoms with Gasteiger partial charge in [-0.1, -0.05) is 0 Å². The molecule has 1 aliphatic heterocycles. The molecular formula is C19H19N5O3. The Morgan fingerprint density at radius 1 is 1.26 bits per heavy atom. The molecule has 0 radical (unpaired) electrons. The highest BCUT2D eigenvalue weighted by Gasteiger charge is 2.25. The first-order chi connectivity index (χ1) is 13.0. The number of hydrogen-bond acceptors (Lipinski definition) is 5. The number of oxazole rings is 1. The second kappa shape index (κ2) is 6.71. The average molecular weight is 365 g/mol. The number of nitrogens with zero attached hydrogens (tertiary/aromatic N) is 4. The summed E-state index contributed by atoms with van der Waals surface area (Å²) in [5, 5.41) is 2.89. The highest BCUT2D eigenvalue weighted by atomic mass is 16.3. The van der Waals surface area contributed by atoms with Crippen LogP contribution in [0.5, 0.6) is 0 Å². The maximum absolute atomic E-state index is 12.8. The molecular weight excluding hydrogens is 346 g/mol. The van der Waals surface area contributed by atoms with Crippen molar-refractivity contribution in [3.8, 4) is 0 Å². The Morgan fingerprint density at radius 3 is 2.93 bits per heavy atom. The Balaban J connectivity index is 1.57. The molecule has 0 atom stereocenters. The minimum Gasteiger partial charge on any atom is -0.443 e. The summed E-state index contributed by atoms with van der Waals surface area (Å²) < 4.78 is 5.21. The smallest absolute Gasteiger partial charge is 0.319 e. The topological polar surface area (TPSA) is 91.6 Å². The lowest BCUT2D eigenvalue weighted by Crippen LogP contribution is -2.42. The molecule has 8 nitrogen and oxygen atoms in total. The number of hydrogen-bond donors (Lipinski definition) is 1. The molecule has 1 aliphatic rings. The number of pyridine rings is 1. The van der Waals surface area contributed by atoms with E-state index < -0.39 is 0 Å². The molecule has 0 saturated carbocycles. The van der Waals surface area contributed by atoms with Crippen LogP contribution in [0.1, 0.15) is 21.5 Å². The highest BCUT2D eigenvalue weighted by molar-refractivity contribution is 6.06. The van der Waals surface area contributed by atoms with Crippen LogP contribution in [-0.4, -0.2) is 52.3 Å². The lowest BCUT2D eigenvalue weighted by atomic mass is 9.97. The van der Waals surface area contributed by atoms with Gasteiger partial charge in [0.05, 0.1) is 5.56 Å². The van der Waals surface area contributed by atoms with E-state index in [4.69, 9.17) is 4.42 Å². The summed E-state index contributed by atoms with van der Waals surface area (Å²) in [6.45, 7) is 1.02. The van der Waals surface area contributed by atoms with Gasteiger partial charge in [-0.3, -0.25) is 9.78 Å². The molecule has 3 aromatic rings. The quantitative estimate of drug-likeness (QED) is 0.753. The van der Waals surface area contributed by atoms with Crippen LogP contribution in [0.2, 0.25) is 0 Å². The molecule has 0 unspecified atom stereocenters. The number of carbonyl (C=O) groups is 2. The first kappa shape index (κ1) is 17.0. The van der Waals surface area contributed by atoms with Crippen LogP contribution in [0.15, 0.2) is 41.4 Å². The summed E-state index contributed by atoms with van der Waals surface area (Å²) in [7, 11) is 3.46. The third-order valence-electron chi connectivity index (χ3n) is 4.63. The van der Waals surface area contributed by atoms with E-state index >= 15 is 0 Å². The van der Waals surface area contributed by atoms with Gasteiger partial charge in [-0.25, -0.2) is 9.78 Å². The minimum absolute atomic E-state index is 0.0450. The molecule has 4 rings (SSSR count). The van der Waals surface area contributed by atoms with E-state index in [9.17, 15) is 9.59 Å². The number of urea groups is 1. The number of anilines is 1. The summed E-state index contributed by atoms with van der Waals surface area (Å²) in [5.41, 5.74) is 4.35. The predicted octanol–water partition coefficient (Wildman–Crippen LogP) is 2.51. The number of aromatic nitrogens is 2. The largest absolute Gasteiger partial charge is 0.443 e. The van der Waals surface area contributed by atoms with E-state index in [1.165, 1.54) is 6.39 Å². The summed E-state index contributed by atoms with van der Waals surface area (Å²) in [4.78, 5) is 36.6. The molecule has 0 aliphatic carbocycles. The van der Waals surface area contributed by atoms with E-state index in [-0.39, 0.29) is 11.9 Å². The molecule has 27 heavy (non-hydrogen) atoms. The molecule has 1 aromatic carbocycles. The molecule has 3 heterocycles. The fourth-order valence-electron chi connectivity index (χ4n) is 3.27. The molecule has 0 saturated heterocycles. The van der Waals surface area contributed by atoms with Crippen molar-refractivity contribution < 1.29 is 14.0 Å². The van der Waals surface area contributed by atoms with Crippen molar-refractivity contribution in [1.29, 1.82) is 0 Å². The Labute approximate surface area is 155 Å². The van der Waals surface area contributed by atoms with E-state index in [0.717, 1.165) is 11.1 Å². The predicted molar refractivity (Wildman–Crippen MR) is 99.4 cm³/mol. The van der Waals surface area contributed by atoms with E-state index in [2.05, 4.69) is 15.3 Å². The van der Waals surface area contributed by atoms with Gasteiger partial charge in [0.15, 0.2) is 12.0 Å². The van der Waals surface area contributed by atoms with E-state index in [0.29, 0.717) is 41.9 Å². The van der Waals surface area contributed by atoms with Crippen molar-refractivity contribution in [2.45, 2.75) is 13.0 Å². The van der Waals surface area contributed by atoms with Gasteiger partial charge in [0, 0.05) is 45.3 Å². The molecule has 0 fully saturated rings. The van der Waals surface area contributed by atoms with Crippen LogP contribution in [0.3, 0.4) is 0 Å². The first-order valence-electron chi connectivity index (χ1n) is 8.59. The zero-order valence-electron chi connectivity index (χ0n) is 15.1. The molecule has 0 bridgehead atoms. The van der Waals surface area contributed by atoms with Crippen molar-refractivity contribution in [3.05, 3.63) is 53.7 Å². The number of fused-ring (bicyclic) bond motifs is 2. The van der Waals surface area contributed by atoms with Crippen LogP contribution in [0.25, 0.3) is 11.1 Å². The fourth-order valence-corrected chi connectivity index (χ4v) is 3.27. The van der Waals surface area contributed by atoms with Crippen LogP contribution in [-0.2, 0) is 13.0 Å². The summed E-state index contributed by atoms with van der Waals surface area (Å²) in [6, 6.07) is 5.25. The summed E-state index contributed by atoms with van der Waals surface area (Å²) in [5.74, 6) is -0.227. The summed E-state index contributed by atoms with van der Waals surface area (Å²) >= 11 is 0. The van der Waals surface area contributed by atoms with Gasteiger partial charge in [0.1, 0.15) is 5.52 Å². The fraction of sp³-hybridized carbons (Fsp3) is 0.263. The third-order valence-corrected chi connectivity index (χ3v) is 4.63. The minimum atomic E-state index is -0.227. The maximum Gasteiger partial charge on any atom is 0.319 e. The molecule has 1 N–H and O–H groups in total. The number of nitrogens with one attached hydrogen (secondary N) is 1. The zero-order valence-corrected chi connectivity index (χ0v) is 15.1. The Hall–Kier alpha value is -3.42. The van der Waals surface area contributed by atoms with Gasteiger partial charge in [-0.05, 0) is 35.7 Å². The lowest BCUT2D eigenvalue weighted by Gasteiger charge is -2.31. The molecule has 0 spiro atoms. The van der Waals surface area contributed by atoms with Crippen molar-refractivity contribution in [2.75, 3.05) is 26.0 Å². The SMILES string of the molecule is CN(C)C(=O)N1CCc2c(cncc2C(=O)Nc2ccc3ocnc3c2)C1. The Bertz CT molecular complexity index is 1030. The number of rotatable bonds is 2. The molecule has 138 valence electrons. The van der Waals surface area contributed by atoms with Crippen LogP contribution in [0.4, 0.5) is 10.5 Å². The molecule has 8 heteroatoms. The Morgan fingerprint density at radius 2 is 2.11 bits per heavy atom. The van der Waals surface area contributed by atoms with Gasteiger partial charge < -0.3 is 19.5 Å². The zero-order chi connectivity index (χ0) is 19.0. The van der Waals surface area contributed by atoms with Crippen molar-refractivity contribution in [1.82, 2.24) is 19.8 Å². The average Bonchev–Trinajstić information content (AvgIpc) is 3.14. The van der Waals surface area contributed by atoms with Crippen LogP contribution in [0, 0.1) is 0 Å². The molecule has 2 aromatic heterocycles. The maximum atomic E-state index is 12.8. The van der Waals surface area contributed by atoms with Crippen LogP contribution >= 0.6 is 0 Å². The second-order valence-electron chi connectivity index (χ2n) is 6.66. The number of amides is 3. The normalized spacial score (nSPS) is 13.3. The van der Waals surface area contributed by atoms with E-state index in [1.807, 2.05) is 0 Å². The van der Waals surface area contributed by atoms with E-state index in [1.54, 1.807) is 54.5 Å². The second-order valence-corrected chi connectivity index (χ2v) is 6.66. The number of carbonyl (C=O) groups excluding carboxylic acids is 2. The van der Waals surface area contributed by atoms with Gasteiger partial charge in [0.25, 0.3) is 5.91 Å². The van der Waals surface area contributed by atoms with Crippen molar-refractivity contribution in [3.63, 3.8) is 0 Å². The molecule has 3 amide bonds. The van der Waals surface area contributed by atoms with Crippen molar-refractivity contribution in [2.24, 2.45) is 0 Å².